The van der Waals surface area contributed by atoms with E-state index in [0.717, 1.165) is 5.39 Å². The quantitative estimate of drug-likeness (QED) is 0.499. The maximum atomic E-state index is 12.8. The van der Waals surface area contributed by atoms with Gasteiger partial charge in [-0.1, -0.05) is 13.8 Å². The molecule has 0 aliphatic rings. The Morgan fingerprint density at radius 3 is 2.58 bits per heavy atom. The van der Waals surface area contributed by atoms with E-state index in [0.29, 0.717) is 40.2 Å². The Kier molecular flexibility index (Phi) is 6.43. The summed E-state index contributed by atoms with van der Waals surface area (Å²) in [5.74, 6) is 0.947. The van der Waals surface area contributed by atoms with Gasteiger partial charge in [-0.3, -0.25) is 9.59 Å². The number of anilines is 1. The number of rotatable bonds is 7. The molecule has 1 aromatic carbocycles. The Morgan fingerprint density at radius 1 is 1.19 bits per heavy atom. The summed E-state index contributed by atoms with van der Waals surface area (Å²) in [7, 11) is 1.67. The van der Waals surface area contributed by atoms with Gasteiger partial charge in [0.15, 0.2) is 0 Å². The van der Waals surface area contributed by atoms with Gasteiger partial charge >= 0.3 is 6.09 Å². The molecule has 9 nitrogen and oxygen atoms in total. The van der Waals surface area contributed by atoms with Crippen LogP contribution in [0.5, 0.6) is 5.75 Å². The first kappa shape index (κ1) is 22.1. The first-order valence-electron chi connectivity index (χ1n) is 9.98. The number of fused-ring (bicyclic) bond motifs is 3. The van der Waals surface area contributed by atoms with Crippen LogP contribution in [0.15, 0.2) is 35.3 Å². The highest BCUT2D eigenvalue weighted by atomic mass is 16.5. The van der Waals surface area contributed by atoms with Gasteiger partial charge < -0.3 is 25.0 Å². The van der Waals surface area contributed by atoms with Gasteiger partial charge in [-0.25, -0.2) is 9.78 Å². The third-order valence-corrected chi connectivity index (χ3v) is 4.90. The molecule has 1 unspecified atom stereocenters. The van der Waals surface area contributed by atoms with Gasteiger partial charge in [0.25, 0.3) is 5.56 Å². The lowest BCUT2D eigenvalue weighted by molar-refractivity contribution is -0.114. The summed E-state index contributed by atoms with van der Waals surface area (Å²) < 4.78 is 7.37. The first-order chi connectivity index (χ1) is 14.7. The van der Waals surface area contributed by atoms with Crippen LogP contribution < -0.4 is 20.9 Å². The van der Waals surface area contributed by atoms with E-state index in [4.69, 9.17) is 9.84 Å². The molecule has 3 rings (SSSR count). The Morgan fingerprint density at radius 2 is 1.94 bits per heavy atom. The summed E-state index contributed by atoms with van der Waals surface area (Å²) in [6.07, 6.45) is 1.01. The van der Waals surface area contributed by atoms with E-state index in [2.05, 4.69) is 15.6 Å². The molecule has 0 spiro atoms. The summed E-state index contributed by atoms with van der Waals surface area (Å²) in [6, 6.07) is 6.70. The summed E-state index contributed by atoms with van der Waals surface area (Å²) in [4.78, 5) is 39.4. The van der Waals surface area contributed by atoms with Crippen molar-refractivity contribution in [1.29, 1.82) is 0 Å². The third-order valence-electron chi connectivity index (χ3n) is 4.90. The van der Waals surface area contributed by atoms with E-state index < -0.39 is 6.09 Å². The van der Waals surface area contributed by atoms with Crippen molar-refractivity contribution in [2.24, 2.45) is 13.0 Å². The SMILES string of the molecule is CC(=O)Nc1cc2c(cn1)c(=O)n(C)c1cc(OCC(CC(C)C)NC(=O)O)ccc21. The number of aryl methyl sites for hydroxylation is 1. The van der Waals surface area contributed by atoms with E-state index in [9.17, 15) is 14.4 Å². The molecule has 9 heteroatoms. The number of benzene rings is 1. The van der Waals surface area contributed by atoms with Crippen molar-refractivity contribution < 1.29 is 19.4 Å². The number of ether oxygens (including phenoxy) is 1. The van der Waals surface area contributed by atoms with Gasteiger partial charge in [0.2, 0.25) is 5.91 Å². The topological polar surface area (TPSA) is 123 Å². The molecule has 0 fully saturated rings. The van der Waals surface area contributed by atoms with Gasteiger partial charge in [0.1, 0.15) is 18.2 Å². The largest absolute Gasteiger partial charge is 0.491 e. The van der Waals surface area contributed by atoms with E-state index in [1.165, 1.54) is 17.7 Å². The molecule has 2 aromatic heterocycles. The van der Waals surface area contributed by atoms with Crippen LogP contribution in [0.4, 0.5) is 10.6 Å². The van der Waals surface area contributed by atoms with Crippen molar-refractivity contribution in [3.8, 4) is 5.75 Å². The average molecular weight is 426 g/mol. The minimum Gasteiger partial charge on any atom is -0.491 e. The number of hydrogen-bond donors (Lipinski definition) is 3. The minimum atomic E-state index is -1.09. The fourth-order valence-electron chi connectivity index (χ4n) is 3.60. The molecule has 164 valence electrons. The summed E-state index contributed by atoms with van der Waals surface area (Å²) in [6.45, 7) is 5.59. The van der Waals surface area contributed by atoms with E-state index in [-0.39, 0.29) is 24.1 Å². The molecular weight excluding hydrogens is 400 g/mol. The first-order valence-corrected chi connectivity index (χ1v) is 9.98. The van der Waals surface area contributed by atoms with Crippen molar-refractivity contribution >= 4 is 39.5 Å². The van der Waals surface area contributed by atoms with Crippen LogP contribution in [0.1, 0.15) is 27.2 Å². The molecule has 2 amide bonds. The Hall–Kier alpha value is -3.62. The van der Waals surface area contributed by atoms with E-state index in [1.807, 2.05) is 19.9 Å². The van der Waals surface area contributed by atoms with Crippen LogP contribution in [0, 0.1) is 5.92 Å². The van der Waals surface area contributed by atoms with Gasteiger partial charge in [-0.2, -0.15) is 0 Å². The third kappa shape index (κ3) is 5.11. The number of carbonyl (C=O) groups excluding carboxylic acids is 1. The normalized spacial score (nSPS) is 12.2. The molecule has 2 heterocycles. The maximum Gasteiger partial charge on any atom is 0.404 e. The number of carbonyl (C=O) groups is 2. The molecule has 31 heavy (non-hydrogen) atoms. The van der Waals surface area contributed by atoms with Crippen molar-refractivity contribution in [1.82, 2.24) is 14.9 Å². The second kappa shape index (κ2) is 9.03. The molecule has 0 saturated carbocycles. The van der Waals surface area contributed by atoms with Crippen molar-refractivity contribution in [2.75, 3.05) is 11.9 Å². The molecular formula is C22H26N4O5. The highest BCUT2D eigenvalue weighted by Gasteiger charge is 2.16. The Bertz CT molecular complexity index is 1200. The molecule has 0 bridgehead atoms. The minimum absolute atomic E-state index is 0.175. The summed E-state index contributed by atoms with van der Waals surface area (Å²) in [5, 5.41) is 16.1. The molecule has 0 radical (unpaired) electrons. The Balaban J connectivity index is 1.98. The molecule has 0 saturated heterocycles. The van der Waals surface area contributed by atoms with Crippen LogP contribution in [-0.4, -0.2) is 39.3 Å². The molecule has 0 aliphatic heterocycles. The van der Waals surface area contributed by atoms with Crippen molar-refractivity contribution in [3.05, 3.63) is 40.8 Å². The number of carboxylic acid groups (broad SMARTS) is 1. The number of pyridine rings is 2. The zero-order valence-corrected chi connectivity index (χ0v) is 17.9. The second-order valence-corrected chi connectivity index (χ2v) is 7.93. The molecule has 0 aliphatic carbocycles. The van der Waals surface area contributed by atoms with Gasteiger partial charge in [-0.15, -0.1) is 0 Å². The lowest BCUT2D eigenvalue weighted by Gasteiger charge is -2.20. The predicted octanol–water partition coefficient (Wildman–Crippen LogP) is 3.11. The maximum absolute atomic E-state index is 12.8. The zero-order valence-electron chi connectivity index (χ0n) is 17.9. The highest BCUT2D eigenvalue weighted by molar-refractivity contribution is 6.07. The number of nitrogens with one attached hydrogen (secondary N) is 2. The number of aromatic nitrogens is 2. The number of hydrogen-bond acceptors (Lipinski definition) is 5. The predicted molar refractivity (Wildman–Crippen MR) is 119 cm³/mol. The average Bonchev–Trinajstić information content (AvgIpc) is 2.68. The number of amides is 2. The zero-order chi connectivity index (χ0) is 22.7. The standard InChI is InChI=1S/C22H26N4O5/c1-12(2)7-14(25-22(29)30)11-31-15-5-6-16-17-9-20(24-13(3)27)23-10-18(17)21(28)26(4)19(16)8-15/h5-6,8-10,12,14,25H,7,11H2,1-4H3,(H,29,30)(H,23,24,27). The highest BCUT2D eigenvalue weighted by Crippen LogP contribution is 2.27. The monoisotopic (exact) mass is 426 g/mol. The van der Waals surface area contributed by atoms with Crippen LogP contribution in [0.25, 0.3) is 21.7 Å². The lowest BCUT2D eigenvalue weighted by atomic mass is 10.0. The summed E-state index contributed by atoms with van der Waals surface area (Å²) in [5.41, 5.74) is 0.438. The lowest BCUT2D eigenvalue weighted by Crippen LogP contribution is -2.39. The van der Waals surface area contributed by atoms with Crippen LogP contribution >= 0.6 is 0 Å². The second-order valence-electron chi connectivity index (χ2n) is 7.93. The molecule has 3 aromatic rings. The van der Waals surface area contributed by atoms with Gasteiger partial charge in [0.05, 0.1) is 16.9 Å². The summed E-state index contributed by atoms with van der Waals surface area (Å²) >= 11 is 0. The Labute approximate surface area is 179 Å². The smallest absolute Gasteiger partial charge is 0.404 e. The van der Waals surface area contributed by atoms with Gasteiger partial charge in [-0.05, 0) is 30.5 Å². The van der Waals surface area contributed by atoms with E-state index >= 15 is 0 Å². The molecule has 1 atom stereocenters. The fraction of sp³-hybridized carbons (Fsp3) is 0.364. The molecule has 3 N–H and O–H groups in total. The fourth-order valence-corrected chi connectivity index (χ4v) is 3.60. The van der Waals surface area contributed by atoms with Crippen LogP contribution in [0.2, 0.25) is 0 Å². The van der Waals surface area contributed by atoms with Crippen molar-refractivity contribution in [3.63, 3.8) is 0 Å². The van der Waals surface area contributed by atoms with Crippen LogP contribution in [0.3, 0.4) is 0 Å². The number of nitrogens with zero attached hydrogens (tertiary/aromatic N) is 2. The van der Waals surface area contributed by atoms with Crippen LogP contribution in [-0.2, 0) is 11.8 Å². The van der Waals surface area contributed by atoms with Crippen molar-refractivity contribution in [2.45, 2.75) is 33.2 Å². The van der Waals surface area contributed by atoms with Gasteiger partial charge in [0, 0.05) is 37.0 Å². The van der Waals surface area contributed by atoms with E-state index in [1.54, 1.807) is 25.2 Å².